The average Bonchev–Trinajstić information content (AvgIpc) is 3.31. The molecule has 2 atom stereocenters. The first-order chi connectivity index (χ1) is 12.7. The summed E-state index contributed by atoms with van der Waals surface area (Å²) in [6, 6.07) is 9.60. The maximum Gasteiger partial charge on any atom is 0.249 e. The molecule has 0 spiro atoms. The first kappa shape index (κ1) is 17.5. The van der Waals surface area contributed by atoms with Crippen LogP contribution in [0.1, 0.15) is 32.1 Å². The van der Waals surface area contributed by atoms with Gasteiger partial charge in [-0.25, -0.2) is 0 Å². The molecule has 4 rings (SSSR count). The highest BCUT2D eigenvalue weighted by Crippen LogP contribution is 2.26. The minimum Gasteiger partial charge on any atom is -0.381 e. The van der Waals surface area contributed by atoms with Crippen LogP contribution in [-0.2, 0) is 14.3 Å². The topological polar surface area (TPSA) is 61.9 Å². The van der Waals surface area contributed by atoms with E-state index < -0.39 is 6.04 Å². The van der Waals surface area contributed by atoms with E-state index in [2.05, 4.69) is 10.2 Å². The van der Waals surface area contributed by atoms with Gasteiger partial charge >= 0.3 is 0 Å². The maximum atomic E-state index is 12.9. The van der Waals surface area contributed by atoms with Gasteiger partial charge in [0.2, 0.25) is 11.8 Å². The van der Waals surface area contributed by atoms with Crippen LogP contribution in [0.5, 0.6) is 0 Å². The molecule has 3 aliphatic rings. The van der Waals surface area contributed by atoms with Gasteiger partial charge in [-0.3, -0.25) is 14.5 Å². The van der Waals surface area contributed by atoms with Crippen LogP contribution in [0.2, 0.25) is 0 Å². The van der Waals surface area contributed by atoms with Crippen molar-refractivity contribution in [3.63, 3.8) is 0 Å². The molecule has 6 nitrogen and oxygen atoms in total. The van der Waals surface area contributed by atoms with Crippen molar-refractivity contribution >= 4 is 17.5 Å². The van der Waals surface area contributed by atoms with Gasteiger partial charge in [-0.1, -0.05) is 18.2 Å². The smallest absolute Gasteiger partial charge is 0.249 e. The summed E-state index contributed by atoms with van der Waals surface area (Å²) in [7, 11) is 0. The molecular formula is C20H27N3O3. The molecule has 1 aromatic rings. The quantitative estimate of drug-likeness (QED) is 0.888. The molecule has 0 bridgehead atoms. The van der Waals surface area contributed by atoms with Gasteiger partial charge in [-0.05, 0) is 50.8 Å². The van der Waals surface area contributed by atoms with E-state index in [0.717, 1.165) is 51.1 Å². The summed E-state index contributed by atoms with van der Waals surface area (Å²) < 4.78 is 5.45. The molecule has 2 amide bonds. The van der Waals surface area contributed by atoms with Gasteiger partial charge in [0.25, 0.3) is 0 Å². The lowest BCUT2D eigenvalue weighted by Crippen LogP contribution is -2.52. The fourth-order valence-corrected chi connectivity index (χ4v) is 4.47. The summed E-state index contributed by atoms with van der Waals surface area (Å²) in [6.45, 7) is 3.19. The molecule has 26 heavy (non-hydrogen) atoms. The monoisotopic (exact) mass is 357 g/mol. The lowest BCUT2D eigenvalue weighted by atomic mass is 10.1. The summed E-state index contributed by atoms with van der Waals surface area (Å²) in [5, 5.41) is 3.04. The van der Waals surface area contributed by atoms with E-state index >= 15 is 0 Å². The van der Waals surface area contributed by atoms with Gasteiger partial charge in [-0.15, -0.1) is 0 Å². The number of anilines is 1. The average molecular weight is 357 g/mol. The van der Waals surface area contributed by atoms with E-state index in [0.29, 0.717) is 19.0 Å². The van der Waals surface area contributed by atoms with E-state index in [1.165, 1.54) is 0 Å². The Morgan fingerprint density at radius 3 is 2.58 bits per heavy atom. The first-order valence-electron chi connectivity index (χ1n) is 9.74. The SMILES string of the molecule is O=C(NC1CCN(c2ccccc2)C1=O)C1CCCN1C1CCOCC1. The molecular weight excluding hydrogens is 330 g/mol. The van der Waals surface area contributed by atoms with Crippen LogP contribution < -0.4 is 10.2 Å². The molecule has 1 aromatic carbocycles. The number of likely N-dealkylation sites (tertiary alicyclic amines) is 1. The van der Waals surface area contributed by atoms with E-state index in [1.807, 2.05) is 30.3 Å². The number of rotatable bonds is 4. The number of ether oxygens (including phenoxy) is 1. The fraction of sp³-hybridized carbons (Fsp3) is 0.600. The number of nitrogens with one attached hydrogen (secondary N) is 1. The fourth-order valence-electron chi connectivity index (χ4n) is 4.47. The molecule has 3 heterocycles. The van der Waals surface area contributed by atoms with Gasteiger partial charge < -0.3 is 15.0 Å². The van der Waals surface area contributed by atoms with Crippen LogP contribution in [0.25, 0.3) is 0 Å². The van der Waals surface area contributed by atoms with Gasteiger partial charge in [-0.2, -0.15) is 0 Å². The van der Waals surface area contributed by atoms with E-state index in [-0.39, 0.29) is 17.9 Å². The Labute approximate surface area is 154 Å². The third kappa shape index (κ3) is 3.48. The number of hydrogen-bond donors (Lipinski definition) is 1. The van der Waals surface area contributed by atoms with Crippen molar-refractivity contribution in [2.75, 3.05) is 31.2 Å². The van der Waals surface area contributed by atoms with Gasteiger partial charge in [0.05, 0.1) is 6.04 Å². The Kier molecular flexibility index (Phi) is 5.22. The van der Waals surface area contributed by atoms with Gasteiger partial charge in [0.15, 0.2) is 0 Å². The Morgan fingerprint density at radius 1 is 1.04 bits per heavy atom. The summed E-state index contributed by atoms with van der Waals surface area (Å²) in [6.07, 6.45) is 4.59. The highest BCUT2D eigenvalue weighted by Gasteiger charge is 2.39. The Bertz CT molecular complexity index is 645. The van der Waals surface area contributed by atoms with Crippen LogP contribution in [0.4, 0.5) is 5.69 Å². The molecule has 140 valence electrons. The zero-order valence-electron chi connectivity index (χ0n) is 15.1. The van der Waals surface area contributed by atoms with Gasteiger partial charge in [0, 0.05) is 31.5 Å². The van der Waals surface area contributed by atoms with Crippen molar-refractivity contribution in [2.45, 2.75) is 50.2 Å². The molecule has 2 unspecified atom stereocenters. The Morgan fingerprint density at radius 2 is 1.81 bits per heavy atom. The maximum absolute atomic E-state index is 12.9. The van der Waals surface area contributed by atoms with Crippen molar-refractivity contribution in [3.05, 3.63) is 30.3 Å². The Balaban J connectivity index is 1.38. The summed E-state index contributed by atoms with van der Waals surface area (Å²) in [4.78, 5) is 29.7. The lowest BCUT2D eigenvalue weighted by molar-refractivity contribution is -0.130. The predicted octanol–water partition coefficient (Wildman–Crippen LogP) is 1.55. The zero-order chi connectivity index (χ0) is 17.9. The number of benzene rings is 1. The number of para-hydroxylation sites is 1. The second-order valence-corrected chi connectivity index (χ2v) is 7.41. The molecule has 1 N–H and O–H groups in total. The van der Waals surface area contributed by atoms with Crippen LogP contribution in [0.15, 0.2) is 30.3 Å². The minimum absolute atomic E-state index is 0.000151. The minimum atomic E-state index is -0.403. The molecule has 3 fully saturated rings. The van der Waals surface area contributed by atoms with E-state index in [1.54, 1.807) is 4.90 Å². The molecule has 3 aliphatic heterocycles. The van der Waals surface area contributed by atoms with E-state index in [4.69, 9.17) is 4.74 Å². The zero-order valence-corrected chi connectivity index (χ0v) is 15.1. The largest absolute Gasteiger partial charge is 0.381 e. The Hall–Kier alpha value is -1.92. The number of carbonyl (C=O) groups is 2. The van der Waals surface area contributed by atoms with Crippen LogP contribution >= 0.6 is 0 Å². The third-order valence-electron chi connectivity index (χ3n) is 5.85. The highest BCUT2D eigenvalue weighted by molar-refractivity contribution is 6.01. The normalized spacial score (nSPS) is 27.8. The van der Waals surface area contributed by atoms with E-state index in [9.17, 15) is 9.59 Å². The second kappa shape index (κ2) is 7.76. The second-order valence-electron chi connectivity index (χ2n) is 7.41. The van der Waals surface area contributed by atoms with Crippen molar-refractivity contribution < 1.29 is 14.3 Å². The molecule has 3 saturated heterocycles. The molecule has 0 radical (unpaired) electrons. The summed E-state index contributed by atoms with van der Waals surface area (Å²) >= 11 is 0. The van der Waals surface area contributed by atoms with Crippen LogP contribution in [-0.4, -0.2) is 61.1 Å². The summed E-state index contributed by atoms with van der Waals surface area (Å²) in [5.74, 6) is 0.0161. The number of nitrogens with zero attached hydrogens (tertiary/aromatic N) is 2. The van der Waals surface area contributed by atoms with Crippen LogP contribution in [0.3, 0.4) is 0 Å². The highest BCUT2D eigenvalue weighted by atomic mass is 16.5. The number of carbonyl (C=O) groups excluding carboxylic acids is 2. The van der Waals surface area contributed by atoms with Crippen molar-refractivity contribution in [1.82, 2.24) is 10.2 Å². The lowest BCUT2D eigenvalue weighted by Gasteiger charge is -2.35. The third-order valence-corrected chi connectivity index (χ3v) is 5.85. The summed E-state index contributed by atoms with van der Waals surface area (Å²) in [5.41, 5.74) is 0.902. The van der Waals surface area contributed by atoms with Crippen molar-refractivity contribution in [2.24, 2.45) is 0 Å². The predicted molar refractivity (Wildman–Crippen MR) is 98.9 cm³/mol. The molecule has 0 aliphatic carbocycles. The molecule has 0 saturated carbocycles. The van der Waals surface area contributed by atoms with Crippen molar-refractivity contribution in [1.29, 1.82) is 0 Å². The number of amides is 2. The standard InChI is InChI=1S/C20H27N3O3/c24-19(18-7-4-11-22(18)16-9-13-26-14-10-16)21-17-8-12-23(20(17)25)15-5-2-1-3-6-15/h1-3,5-6,16-18H,4,7-14H2,(H,21,24). The molecule has 0 aromatic heterocycles. The van der Waals surface area contributed by atoms with Crippen molar-refractivity contribution in [3.8, 4) is 0 Å². The first-order valence-corrected chi connectivity index (χ1v) is 9.74. The number of hydrogen-bond acceptors (Lipinski definition) is 4. The van der Waals surface area contributed by atoms with Crippen LogP contribution in [0, 0.1) is 0 Å². The van der Waals surface area contributed by atoms with Gasteiger partial charge in [0.1, 0.15) is 6.04 Å². The molecule has 6 heteroatoms.